The average molecular weight is 624 g/mol. The van der Waals surface area contributed by atoms with Gasteiger partial charge >= 0.3 is 5.97 Å². The van der Waals surface area contributed by atoms with Gasteiger partial charge in [0.25, 0.3) is 5.56 Å². The molecule has 0 saturated carbocycles. The third kappa shape index (κ3) is 6.02. The van der Waals surface area contributed by atoms with Crippen LogP contribution in [-0.4, -0.2) is 24.3 Å². The van der Waals surface area contributed by atoms with Gasteiger partial charge in [-0.15, -0.1) is 0 Å². The Morgan fingerprint density at radius 2 is 1.79 bits per heavy atom. The second kappa shape index (κ2) is 12.6. The minimum absolute atomic E-state index is 0.211. The Hall–Kier alpha value is -3.85. The number of allylic oxidation sites excluding steroid dienone is 1. The maximum atomic E-state index is 13.9. The van der Waals surface area contributed by atoms with E-state index in [1.54, 1.807) is 48.8 Å². The fraction of sp³-hybridized carbons (Fsp3) is 0.219. The van der Waals surface area contributed by atoms with Gasteiger partial charge in [-0.2, -0.15) is 0 Å². The molecule has 0 radical (unpaired) electrons. The summed E-state index contributed by atoms with van der Waals surface area (Å²) in [7, 11) is 1.53. The lowest BCUT2D eigenvalue weighted by molar-refractivity contribution is -0.139. The van der Waals surface area contributed by atoms with Crippen molar-refractivity contribution in [3.8, 4) is 11.5 Å². The molecule has 0 spiro atoms. The molecule has 7 nitrogen and oxygen atoms in total. The monoisotopic (exact) mass is 622 g/mol. The summed E-state index contributed by atoms with van der Waals surface area (Å²) >= 11 is 13.8. The third-order valence-electron chi connectivity index (χ3n) is 6.76. The van der Waals surface area contributed by atoms with Crippen molar-refractivity contribution in [3.63, 3.8) is 0 Å². The zero-order chi connectivity index (χ0) is 30.0. The van der Waals surface area contributed by atoms with Crippen molar-refractivity contribution in [2.24, 2.45) is 4.99 Å². The summed E-state index contributed by atoms with van der Waals surface area (Å²) in [4.78, 5) is 32.1. The highest BCUT2D eigenvalue weighted by molar-refractivity contribution is 7.07. The molecule has 0 saturated heterocycles. The summed E-state index contributed by atoms with van der Waals surface area (Å²) in [5.74, 6) is 0.319. The van der Waals surface area contributed by atoms with E-state index in [2.05, 4.69) is 4.99 Å². The van der Waals surface area contributed by atoms with Crippen LogP contribution in [0, 0.1) is 6.92 Å². The third-order valence-corrected chi connectivity index (χ3v) is 8.27. The lowest BCUT2D eigenvalue weighted by Crippen LogP contribution is -2.39. The molecule has 0 N–H and O–H groups in total. The van der Waals surface area contributed by atoms with Gasteiger partial charge in [0.1, 0.15) is 6.61 Å². The number of halogens is 2. The molecular weight excluding hydrogens is 595 g/mol. The normalized spacial score (nSPS) is 14.8. The molecule has 1 atom stereocenters. The molecule has 42 heavy (non-hydrogen) atoms. The number of nitrogens with zero attached hydrogens (tertiary/aromatic N) is 2. The smallest absolute Gasteiger partial charge is 0.338 e. The molecule has 0 unspecified atom stereocenters. The number of carbonyl (C=O) groups excluding carboxylic acids is 1. The summed E-state index contributed by atoms with van der Waals surface area (Å²) < 4.78 is 18.9. The zero-order valence-corrected chi connectivity index (χ0v) is 25.8. The first-order chi connectivity index (χ1) is 20.2. The van der Waals surface area contributed by atoms with Crippen LogP contribution < -0.4 is 24.4 Å². The van der Waals surface area contributed by atoms with Gasteiger partial charge in [-0.1, -0.05) is 76.5 Å². The molecule has 0 fully saturated rings. The molecule has 1 aliphatic rings. The first-order valence-electron chi connectivity index (χ1n) is 13.2. The van der Waals surface area contributed by atoms with Crippen LogP contribution in [0.5, 0.6) is 11.5 Å². The van der Waals surface area contributed by atoms with Gasteiger partial charge in [-0.25, -0.2) is 9.79 Å². The van der Waals surface area contributed by atoms with Crippen LogP contribution in [0.15, 0.2) is 81.7 Å². The summed E-state index contributed by atoms with van der Waals surface area (Å²) in [6, 6.07) is 17.9. The predicted molar refractivity (Wildman–Crippen MR) is 165 cm³/mol. The molecule has 10 heteroatoms. The van der Waals surface area contributed by atoms with E-state index in [1.807, 2.05) is 43.3 Å². The van der Waals surface area contributed by atoms with Crippen molar-refractivity contribution in [1.82, 2.24) is 4.57 Å². The Labute approximate surface area is 256 Å². The minimum Gasteiger partial charge on any atom is -0.493 e. The number of benzene rings is 3. The molecule has 1 aromatic heterocycles. The van der Waals surface area contributed by atoms with Crippen molar-refractivity contribution in [2.45, 2.75) is 33.4 Å². The Kier molecular flexibility index (Phi) is 8.87. The van der Waals surface area contributed by atoms with Crippen LogP contribution in [-0.2, 0) is 16.1 Å². The van der Waals surface area contributed by atoms with Crippen LogP contribution >= 0.6 is 34.5 Å². The van der Waals surface area contributed by atoms with Crippen LogP contribution in [0.25, 0.3) is 6.08 Å². The zero-order valence-electron chi connectivity index (χ0n) is 23.4. The Bertz CT molecular complexity index is 1860. The quantitative estimate of drug-likeness (QED) is 0.225. The standard InChI is InChI=1S/C32H28Cl2N2O5S/c1-5-40-31(38)27-19(3)35-32-36(28(27)22-10-6-18(2)7-11-22)30(37)26(42-32)16-21-14-24(34)29(25(15-21)39-4)41-17-20-8-12-23(33)13-9-20/h6-16,28H,5,17H2,1-4H3/b26-16+/t28-/m1/s1. The van der Waals surface area contributed by atoms with Crippen molar-refractivity contribution in [1.29, 1.82) is 0 Å². The van der Waals surface area contributed by atoms with Crippen molar-refractivity contribution < 1.29 is 19.0 Å². The number of methoxy groups -OCH3 is 1. The van der Waals surface area contributed by atoms with Crippen LogP contribution in [0.2, 0.25) is 10.0 Å². The first kappa shape index (κ1) is 29.6. The maximum Gasteiger partial charge on any atom is 0.338 e. The Morgan fingerprint density at radius 1 is 1.07 bits per heavy atom. The molecule has 0 amide bonds. The molecule has 216 valence electrons. The van der Waals surface area contributed by atoms with Crippen molar-refractivity contribution in [2.75, 3.05) is 13.7 Å². The Morgan fingerprint density at radius 3 is 2.45 bits per heavy atom. The van der Waals surface area contributed by atoms with E-state index >= 15 is 0 Å². The van der Waals surface area contributed by atoms with Crippen molar-refractivity contribution >= 4 is 46.6 Å². The SMILES string of the molecule is CCOC(=O)C1=C(C)N=c2s/c(=C/c3cc(Cl)c(OCc4ccc(Cl)cc4)c(OC)c3)c(=O)n2[C@@H]1c1ccc(C)cc1. The molecular formula is C32H28Cl2N2O5S. The number of carbonyl (C=O) groups is 1. The molecule has 2 heterocycles. The number of esters is 1. The second-order valence-electron chi connectivity index (χ2n) is 9.66. The minimum atomic E-state index is -0.676. The van der Waals surface area contributed by atoms with Crippen LogP contribution in [0.1, 0.15) is 42.1 Å². The van der Waals surface area contributed by atoms with Crippen LogP contribution in [0.3, 0.4) is 0 Å². The van der Waals surface area contributed by atoms with Gasteiger partial charge in [-0.05, 0) is 67.8 Å². The van der Waals surface area contributed by atoms with E-state index in [-0.39, 0.29) is 18.8 Å². The van der Waals surface area contributed by atoms with E-state index < -0.39 is 12.0 Å². The molecule has 0 aliphatic carbocycles. The second-order valence-corrected chi connectivity index (χ2v) is 11.5. The van der Waals surface area contributed by atoms with E-state index in [1.165, 1.54) is 18.4 Å². The fourth-order valence-electron chi connectivity index (χ4n) is 4.71. The fourth-order valence-corrected chi connectivity index (χ4v) is 6.15. The van der Waals surface area contributed by atoms with Crippen molar-refractivity contribution in [3.05, 3.63) is 124 Å². The molecule has 4 aromatic rings. The lowest BCUT2D eigenvalue weighted by atomic mass is 9.95. The van der Waals surface area contributed by atoms with E-state index in [0.717, 1.165) is 16.7 Å². The highest BCUT2D eigenvalue weighted by Crippen LogP contribution is 2.37. The number of aromatic nitrogens is 1. The molecule has 5 rings (SSSR count). The lowest BCUT2D eigenvalue weighted by Gasteiger charge is -2.24. The highest BCUT2D eigenvalue weighted by atomic mass is 35.5. The number of hydrogen-bond acceptors (Lipinski definition) is 7. The van der Waals surface area contributed by atoms with Gasteiger partial charge < -0.3 is 14.2 Å². The molecule has 1 aliphatic heterocycles. The van der Waals surface area contributed by atoms with Gasteiger partial charge in [0, 0.05) is 5.02 Å². The summed E-state index contributed by atoms with van der Waals surface area (Å²) in [5.41, 5.74) is 3.99. The number of aryl methyl sites for hydroxylation is 1. The largest absolute Gasteiger partial charge is 0.493 e. The van der Waals surface area contributed by atoms with E-state index in [9.17, 15) is 9.59 Å². The Balaban J connectivity index is 1.56. The molecule has 0 bridgehead atoms. The summed E-state index contributed by atoms with van der Waals surface area (Å²) in [6.07, 6.45) is 1.73. The average Bonchev–Trinajstić information content (AvgIpc) is 3.26. The van der Waals surface area contributed by atoms with Gasteiger partial charge in [-0.3, -0.25) is 9.36 Å². The predicted octanol–water partition coefficient (Wildman–Crippen LogP) is 6.00. The van der Waals surface area contributed by atoms with Crippen LogP contribution in [0.4, 0.5) is 0 Å². The molecule has 3 aromatic carbocycles. The number of thiazole rings is 1. The number of fused-ring (bicyclic) bond motifs is 1. The van der Waals surface area contributed by atoms with Gasteiger partial charge in [0.05, 0.1) is 40.6 Å². The highest BCUT2D eigenvalue weighted by Gasteiger charge is 2.33. The number of hydrogen-bond donors (Lipinski definition) is 0. The topological polar surface area (TPSA) is 79.1 Å². The number of rotatable bonds is 8. The van der Waals surface area contributed by atoms with Gasteiger partial charge in [0.15, 0.2) is 16.3 Å². The van der Waals surface area contributed by atoms with E-state index in [4.69, 9.17) is 37.4 Å². The first-order valence-corrected chi connectivity index (χ1v) is 14.8. The maximum absolute atomic E-state index is 13.9. The summed E-state index contributed by atoms with van der Waals surface area (Å²) in [5, 5.41) is 0.974. The number of ether oxygens (including phenoxy) is 3. The van der Waals surface area contributed by atoms with E-state index in [0.29, 0.717) is 47.7 Å². The summed E-state index contributed by atoms with van der Waals surface area (Å²) in [6.45, 7) is 5.97. The van der Waals surface area contributed by atoms with Gasteiger partial charge in [0.2, 0.25) is 0 Å².